The molecule has 0 aromatic heterocycles. The second-order valence-corrected chi connectivity index (χ2v) is 12.5. The highest BCUT2D eigenvalue weighted by molar-refractivity contribution is 6.04. The average molecular weight is 562 g/mol. The number of carbonyl (C=O) groups excluding carboxylic acids is 3. The molecule has 5 aliphatic rings. The average Bonchev–Trinajstić information content (AvgIpc) is 3.24. The Balaban J connectivity index is 1.39. The first-order valence-electron chi connectivity index (χ1n) is 15.5. The van der Waals surface area contributed by atoms with E-state index in [0.717, 1.165) is 57.1 Å². The van der Waals surface area contributed by atoms with Crippen LogP contribution in [-0.4, -0.2) is 82.2 Å². The molecular formula is C33H43N3O5. The molecule has 1 saturated carbocycles. The minimum atomic E-state index is -1.21. The van der Waals surface area contributed by atoms with Crippen LogP contribution in [0.5, 0.6) is 0 Å². The Kier molecular flexibility index (Phi) is 7.81. The molecule has 8 heteroatoms. The van der Waals surface area contributed by atoms with Crippen LogP contribution in [0.1, 0.15) is 64.7 Å². The molecule has 8 nitrogen and oxygen atoms in total. The fourth-order valence-electron chi connectivity index (χ4n) is 8.09. The van der Waals surface area contributed by atoms with E-state index in [4.69, 9.17) is 4.74 Å². The Morgan fingerprint density at radius 2 is 1.59 bits per heavy atom. The van der Waals surface area contributed by atoms with Crippen molar-refractivity contribution in [3.8, 4) is 0 Å². The summed E-state index contributed by atoms with van der Waals surface area (Å²) in [5, 5.41) is 9.21. The number of para-hydroxylation sites is 1. The molecule has 3 fully saturated rings. The summed E-state index contributed by atoms with van der Waals surface area (Å²) in [6, 6.07) is 8.92. The van der Waals surface area contributed by atoms with Gasteiger partial charge in [0.15, 0.2) is 0 Å². The number of aliphatic hydroxyl groups excluding tert-OH is 1. The van der Waals surface area contributed by atoms with Crippen LogP contribution in [0.25, 0.3) is 0 Å². The maximum Gasteiger partial charge on any atom is 0.249 e. The van der Waals surface area contributed by atoms with Crippen molar-refractivity contribution in [1.82, 2.24) is 9.80 Å². The molecule has 1 unspecified atom stereocenters. The third-order valence-electron chi connectivity index (χ3n) is 9.98. The number of amides is 3. The number of carbonyl (C=O) groups is 3. The highest BCUT2D eigenvalue weighted by Crippen LogP contribution is 2.57. The van der Waals surface area contributed by atoms with Crippen molar-refractivity contribution in [1.29, 1.82) is 0 Å². The molecule has 1 N–H and O–H groups in total. The molecule has 6 rings (SSSR count). The predicted octanol–water partition coefficient (Wildman–Crippen LogP) is 3.84. The largest absolute Gasteiger partial charge is 0.396 e. The van der Waals surface area contributed by atoms with E-state index >= 15 is 0 Å². The summed E-state index contributed by atoms with van der Waals surface area (Å²) in [6.07, 6.45) is 16.4. The van der Waals surface area contributed by atoms with Crippen LogP contribution < -0.4 is 4.90 Å². The highest BCUT2D eigenvalue weighted by Gasteiger charge is 2.74. The minimum absolute atomic E-state index is 0.0514. The standard InChI is InChI=1S/C33H43N3O5/c1-32-18-12-21-34(24-14-6-4-7-15-24)29(38)26(32)27-30(39)36(20-10-2-3-11-23-37)28-31(40)35(25-16-8-5-9-17-25)22-13-19-33(27,28)41-32/h4,6-7,12-15,18-19,25-28,37H,2-3,5,8-11,16-17,20-23H2,1H3/t26-,27-,28?,32+,33-/m0/s1. The molecule has 4 heterocycles. The Bertz CT molecular complexity index is 1210. The van der Waals surface area contributed by atoms with Crippen molar-refractivity contribution in [3.63, 3.8) is 0 Å². The van der Waals surface area contributed by atoms with E-state index in [2.05, 4.69) is 0 Å². The van der Waals surface area contributed by atoms with E-state index in [1.54, 1.807) is 9.80 Å². The highest BCUT2D eigenvalue weighted by atomic mass is 16.5. The normalized spacial score (nSPS) is 33.6. The number of hydrogen-bond acceptors (Lipinski definition) is 5. The van der Waals surface area contributed by atoms with E-state index < -0.39 is 29.1 Å². The van der Waals surface area contributed by atoms with Gasteiger partial charge in [0.25, 0.3) is 0 Å². The quantitative estimate of drug-likeness (QED) is 0.385. The Labute approximate surface area is 243 Å². The van der Waals surface area contributed by atoms with Crippen molar-refractivity contribution in [2.75, 3.05) is 31.1 Å². The molecule has 2 saturated heterocycles. The van der Waals surface area contributed by atoms with Gasteiger partial charge < -0.3 is 24.5 Å². The molecule has 0 radical (unpaired) electrons. The third kappa shape index (κ3) is 4.73. The number of anilines is 1. The van der Waals surface area contributed by atoms with Gasteiger partial charge in [0.1, 0.15) is 11.6 Å². The molecule has 3 amide bonds. The van der Waals surface area contributed by atoms with E-state index in [1.807, 2.05) is 66.5 Å². The van der Waals surface area contributed by atoms with Gasteiger partial charge in [-0.3, -0.25) is 14.4 Å². The van der Waals surface area contributed by atoms with Gasteiger partial charge in [-0.15, -0.1) is 0 Å². The molecule has 1 aromatic carbocycles. The van der Waals surface area contributed by atoms with Crippen molar-refractivity contribution < 1.29 is 24.2 Å². The molecule has 41 heavy (non-hydrogen) atoms. The number of benzene rings is 1. The van der Waals surface area contributed by atoms with Gasteiger partial charge >= 0.3 is 0 Å². The summed E-state index contributed by atoms with van der Waals surface area (Å²) in [4.78, 5) is 48.9. The van der Waals surface area contributed by atoms with Crippen molar-refractivity contribution in [2.45, 2.75) is 88.0 Å². The second kappa shape index (κ2) is 11.4. The summed E-state index contributed by atoms with van der Waals surface area (Å²) in [7, 11) is 0. The molecule has 0 bridgehead atoms. The third-order valence-corrected chi connectivity index (χ3v) is 9.98. The van der Waals surface area contributed by atoms with E-state index in [-0.39, 0.29) is 30.4 Å². The van der Waals surface area contributed by atoms with Crippen LogP contribution in [0.3, 0.4) is 0 Å². The number of ether oxygens (including phenoxy) is 1. The number of nitrogens with zero attached hydrogens (tertiary/aromatic N) is 3. The summed E-state index contributed by atoms with van der Waals surface area (Å²) in [5.74, 6) is -1.90. The maximum atomic E-state index is 14.6. The summed E-state index contributed by atoms with van der Waals surface area (Å²) < 4.78 is 6.97. The fourth-order valence-corrected chi connectivity index (χ4v) is 8.09. The van der Waals surface area contributed by atoms with Gasteiger partial charge in [0.05, 0.1) is 17.4 Å². The van der Waals surface area contributed by atoms with Crippen LogP contribution in [0, 0.1) is 11.8 Å². The second-order valence-electron chi connectivity index (χ2n) is 12.5. The zero-order valence-electron chi connectivity index (χ0n) is 24.1. The minimum Gasteiger partial charge on any atom is -0.396 e. The number of fused-ring (bicyclic) bond motifs is 2. The fraction of sp³-hybridized carbons (Fsp3) is 0.606. The molecule has 1 spiro atoms. The Morgan fingerprint density at radius 1 is 0.854 bits per heavy atom. The predicted molar refractivity (Wildman–Crippen MR) is 156 cm³/mol. The number of aliphatic hydroxyl groups is 1. The van der Waals surface area contributed by atoms with Gasteiger partial charge in [-0.2, -0.15) is 0 Å². The van der Waals surface area contributed by atoms with Crippen molar-refractivity contribution in [2.24, 2.45) is 11.8 Å². The number of likely N-dealkylation sites (tertiary alicyclic amines) is 1. The van der Waals surface area contributed by atoms with E-state index in [1.165, 1.54) is 6.42 Å². The van der Waals surface area contributed by atoms with Crippen LogP contribution in [0.15, 0.2) is 54.6 Å². The SMILES string of the molecule is C[C@@]12C=CCN(c3ccccc3)C(=O)[C@@H]1[C@H]1C(=O)N(CCCCCCO)C3C(=O)N(C4CCCCC4)CC=C[C@@]31O2. The van der Waals surface area contributed by atoms with Crippen molar-refractivity contribution >= 4 is 23.4 Å². The topological polar surface area (TPSA) is 90.4 Å². The zero-order valence-corrected chi connectivity index (χ0v) is 24.1. The summed E-state index contributed by atoms with van der Waals surface area (Å²) >= 11 is 0. The first kappa shape index (κ1) is 28.2. The summed E-state index contributed by atoms with van der Waals surface area (Å²) in [5.41, 5.74) is -1.44. The lowest BCUT2D eigenvalue weighted by Gasteiger charge is -2.40. The van der Waals surface area contributed by atoms with Crippen LogP contribution in [0.4, 0.5) is 5.69 Å². The van der Waals surface area contributed by atoms with Gasteiger partial charge in [-0.1, -0.05) is 74.6 Å². The van der Waals surface area contributed by atoms with E-state index in [0.29, 0.717) is 19.6 Å². The molecule has 1 aromatic rings. The number of unbranched alkanes of at least 4 members (excludes halogenated alkanes) is 3. The molecule has 1 aliphatic carbocycles. The molecular weight excluding hydrogens is 518 g/mol. The Morgan fingerprint density at radius 3 is 2.34 bits per heavy atom. The van der Waals surface area contributed by atoms with Gasteiger partial charge in [0, 0.05) is 38.0 Å². The van der Waals surface area contributed by atoms with Crippen LogP contribution in [-0.2, 0) is 19.1 Å². The maximum absolute atomic E-state index is 14.6. The Hall–Kier alpha value is -2.97. The first-order chi connectivity index (χ1) is 19.9. The van der Waals surface area contributed by atoms with Crippen LogP contribution >= 0.6 is 0 Å². The monoisotopic (exact) mass is 561 g/mol. The lowest BCUT2D eigenvalue weighted by molar-refractivity contribution is -0.152. The van der Waals surface area contributed by atoms with Crippen molar-refractivity contribution in [3.05, 3.63) is 54.6 Å². The molecule has 5 atom stereocenters. The lowest BCUT2D eigenvalue weighted by atomic mass is 9.74. The van der Waals surface area contributed by atoms with Gasteiger partial charge in [-0.25, -0.2) is 0 Å². The lowest BCUT2D eigenvalue weighted by Crippen LogP contribution is -2.57. The van der Waals surface area contributed by atoms with Gasteiger partial charge in [0.2, 0.25) is 17.7 Å². The number of rotatable bonds is 8. The summed E-state index contributed by atoms with van der Waals surface area (Å²) in [6.45, 7) is 3.38. The first-order valence-corrected chi connectivity index (χ1v) is 15.5. The molecule has 4 aliphatic heterocycles. The molecule has 220 valence electrons. The van der Waals surface area contributed by atoms with E-state index in [9.17, 15) is 19.5 Å². The smallest absolute Gasteiger partial charge is 0.249 e. The van der Waals surface area contributed by atoms with Crippen LogP contribution in [0.2, 0.25) is 0 Å². The number of hydrogen-bond donors (Lipinski definition) is 1. The van der Waals surface area contributed by atoms with Gasteiger partial charge in [-0.05, 0) is 44.7 Å². The zero-order chi connectivity index (χ0) is 28.6.